The predicted octanol–water partition coefficient (Wildman–Crippen LogP) is 6.22. The van der Waals surface area contributed by atoms with Gasteiger partial charge in [-0.1, -0.05) is 38.1 Å². The predicted molar refractivity (Wildman–Crippen MR) is 113 cm³/mol. The summed E-state index contributed by atoms with van der Waals surface area (Å²) in [6.45, 7) is 15.1. The van der Waals surface area contributed by atoms with E-state index in [9.17, 15) is 4.79 Å². The fourth-order valence-electron chi connectivity index (χ4n) is 3.25. The first-order chi connectivity index (χ1) is 12.4. The normalized spacial score (nSPS) is 11.1. The number of carbonyl (C=O) groups is 1. The van der Waals surface area contributed by atoms with Gasteiger partial charge in [0.2, 0.25) is 0 Å². The van der Waals surface area contributed by atoms with E-state index in [0.717, 1.165) is 58.7 Å². The topological polar surface area (TPSA) is 34.0 Å². The molecular weight excluding hydrogens is 320 g/mol. The van der Waals surface area contributed by atoms with E-state index in [1.807, 2.05) is 32.9 Å². The number of ketones is 1. The van der Waals surface area contributed by atoms with Gasteiger partial charge in [0.05, 0.1) is 0 Å². The zero-order chi connectivity index (χ0) is 19.3. The van der Waals surface area contributed by atoms with Crippen molar-refractivity contribution in [3.63, 3.8) is 0 Å². The maximum atomic E-state index is 11.9. The van der Waals surface area contributed by atoms with E-state index in [2.05, 4.69) is 47.8 Å². The molecule has 1 aromatic heterocycles. The Labute approximate surface area is 157 Å². The fourth-order valence-corrected chi connectivity index (χ4v) is 3.25. The summed E-state index contributed by atoms with van der Waals surface area (Å²) in [5, 5.41) is 3.46. The molecule has 1 N–H and O–H groups in total. The Morgan fingerprint density at radius 3 is 2.58 bits per heavy atom. The Balaban J connectivity index is 2.38. The van der Waals surface area contributed by atoms with Gasteiger partial charge in [0.25, 0.3) is 0 Å². The van der Waals surface area contributed by atoms with E-state index in [1.165, 1.54) is 0 Å². The summed E-state index contributed by atoms with van der Waals surface area (Å²) in [5.41, 5.74) is 6.89. The van der Waals surface area contributed by atoms with Crippen LogP contribution in [0.4, 0.5) is 5.69 Å². The highest BCUT2D eigenvalue weighted by Crippen LogP contribution is 2.29. The van der Waals surface area contributed by atoms with Gasteiger partial charge in [-0.2, -0.15) is 0 Å². The van der Waals surface area contributed by atoms with Crippen LogP contribution in [0.1, 0.15) is 66.4 Å². The third-order valence-electron chi connectivity index (χ3n) is 4.74. The first kappa shape index (κ1) is 19.8. The molecule has 2 aromatic rings. The minimum absolute atomic E-state index is 0.0801. The van der Waals surface area contributed by atoms with E-state index in [-0.39, 0.29) is 5.78 Å². The highest BCUT2D eigenvalue weighted by molar-refractivity contribution is 5.98. The molecular formula is C23H30N2O. The third kappa shape index (κ3) is 4.16. The van der Waals surface area contributed by atoms with Crippen LogP contribution in [0.5, 0.6) is 0 Å². The number of anilines is 1. The SMILES string of the molecule is C=C(Nc1c(C)ccc(C(C)=O)c1C)c1ccn(CCCC)c1/C=C\C. The highest BCUT2D eigenvalue weighted by atomic mass is 16.1. The van der Waals surface area contributed by atoms with E-state index in [4.69, 9.17) is 0 Å². The summed E-state index contributed by atoms with van der Waals surface area (Å²) in [5.74, 6) is 0.0801. The summed E-state index contributed by atoms with van der Waals surface area (Å²) >= 11 is 0. The van der Waals surface area contributed by atoms with Crippen molar-refractivity contribution < 1.29 is 4.79 Å². The van der Waals surface area contributed by atoms with Gasteiger partial charge in [0.1, 0.15) is 0 Å². The van der Waals surface area contributed by atoms with Crippen molar-refractivity contribution >= 4 is 23.2 Å². The molecule has 0 saturated carbocycles. The van der Waals surface area contributed by atoms with E-state index < -0.39 is 0 Å². The smallest absolute Gasteiger partial charge is 0.160 e. The number of nitrogens with one attached hydrogen (secondary N) is 1. The van der Waals surface area contributed by atoms with Crippen LogP contribution in [0.25, 0.3) is 11.8 Å². The van der Waals surface area contributed by atoms with Gasteiger partial charge in [0.15, 0.2) is 5.78 Å². The minimum atomic E-state index is 0.0801. The molecule has 3 nitrogen and oxygen atoms in total. The number of nitrogens with zero attached hydrogens (tertiary/aromatic N) is 1. The van der Waals surface area contributed by atoms with Crippen molar-refractivity contribution in [2.24, 2.45) is 0 Å². The average Bonchev–Trinajstić information content (AvgIpc) is 2.99. The lowest BCUT2D eigenvalue weighted by Crippen LogP contribution is -2.07. The van der Waals surface area contributed by atoms with Crippen LogP contribution in [0, 0.1) is 13.8 Å². The van der Waals surface area contributed by atoms with Gasteiger partial charge >= 0.3 is 0 Å². The lowest BCUT2D eigenvalue weighted by atomic mass is 9.99. The van der Waals surface area contributed by atoms with Crippen molar-refractivity contribution in [2.75, 3.05) is 5.32 Å². The lowest BCUT2D eigenvalue weighted by Gasteiger charge is -2.17. The second kappa shape index (κ2) is 8.70. The van der Waals surface area contributed by atoms with Gasteiger partial charge in [-0.25, -0.2) is 0 Å². The van der Waals surface area contributed by atoms with Gasteiger partial charge in [-0.3, -0.25) is 4.79 Å². The quantitative estimate of drug-likeness (QED) is 0.573. The van der Waals surface area contributed by atoms with Crippen LogP contribution < -0.4 is 5.32 Å². The number of rotatable bonds is 8. The number of hydrogen-bond acceptors (Lipinski definition) is 2. The second-order valence-electron chi connectivity index (χ2n) is 6.75. The maximum absolute atomic E-state index is 11.9. The molecule has 1 heterocycles. The Hall–Kier alpha value is -2.55. The molecule has 0 aliphatic carbocycles. The van der Waals surface area contributed by atoms with Crippen LogP contribution in [0.2, 0.25) is 0 Å². The van der Waals surface area contributed by atoms with Crippen molar-refractivity contribution in [3.05, 3.63) is 65.0 Å². The second-order valence-corrected chi connectivity index (χ2v) is 6.75. The number of aryl methyl sites for hydroxylation is 2. The molecule has 0 aliphatic heterocycles. The molecule has 2 rings (SSSR count). The van der Waals surface area contributed by atoms with Crippen LogP contribution in [-0.4, -0.2) is 10.4 Å². The highest BCUT2D eigenvalue weighted by Gasteiger charge is 2.14. The molecule has 26 heavy (non-hydrogen) atoms. The molecule has 0 aliphatic rings. The fraction of sp³-hybridized carbons (Fsp3) is 0.348. The summed E-state index contributed by atoms with van der Waals surface area (Å²) in [4.78, 5) is 11.9. The Bertz CT molecular complexity index is 840. The Kier molecular flexibility index (Phi) is 6.62. The molecule has 0 spiro atoms. The van der Waals surface area contributed by atoms with Gasteiger partial charge < -0.3 is 9.88 Å². The number of aromatic nitrogens is 1. The number of allylic oxidation sites excluding steroid dienone is 1. The van der Waals surface area contributed by atoms with Crippen molar-refractivity contribution in [1.29, 1.82) is 0 Å². The lowest BCUT2D eigenvalue weighted by molar-refractivity contribution is 0.101. The molecule has 0 unspecified atom stereocenters. The summed E-state index contributed by atoms with van der Waals surface area (Å²) in [6.07, 6.45) is 8.62. The van der Waals surface area contributed by atoms with Crippen LogP contribution >= 0.6 is 0 Å². The first-order valence-corrected chi connectivity index (χ1v) is 9.29. The average molecular weight is 351 g/mol. The van der Waals surface area contributed by atoms with E-state index >= 15 is 0 Å². The summed E-state index contributed by atoms with van der Waals surface area (Å²) < 4.78 is 2.28. The van der Waals surface area contributed by atoms with Gasteiger partial charge in [-0.15, -0.1) is 0 Å². The van der Waals surface area contributed by atoms with Gasteiger partial charge in [0, 0.05) is 40.9 Å². The number of carbonyl (C=O) groups excluding carboxylic acids is 1. The molecule has 138 valence electrons. The number of Topliss-reactive ketones (excluding diaryl/α,β-unsaturated/α-hetero) is 1. The largest absolute Gasteiger partial charge is 0.355 e. The molecule has 0 atom stereocenters. The van der Waals surface area contributed by atoms with Crippen LogP contribution in [0.3, 0.4) is 0 Å². The number of benzene rings is 1. The first-order valence-electron chi connectivity index (χ1n) is 9.29. The van der Waals surface area contributed by atoms with Crippen molar-refractivity contribution in [3.8, 4) is 0 Å². The minimum Gasteiger partial charge on any atom is -0.355 e. The Morgan fingerprint density at radius 1 is 1.23 bits per heavy atom. The molecule has 0 saturated heterocycles. The maximum Gasteiger partial charge on any atom is 0.160 e. The number of hydrogen-bond donors (Lipinski definition) is 1. The molecule has 0 radical (unpaired) electrons. The zero-order valence-electron chi connectivity index (χ0n) is 16.6. The van der Waals surface area contributed by atoms with Crippen LogP contribution in [0.15, 0.2) is 37.1 Å². The molecule has 0 bridgehead atoms. The standard InChI is InChI=1S/C23H30N2O/c1-7-9-14-25-15-13-21(22(25)10-8-2)18(5)24-23-16(3)11-12-20(17(23)4)19(6)26/h8,10-13,15,24H,5,7,9,14H2,1-4,6H3/b10-8-. The molecule has 3 heteroatoms. The Morgan fingerprint density at radius 2 is 1.96 bits per heavy atom. The molecule has 0 fully saturated rings. The molecule has 0 amide bonds. The monoisotopic (exact) mass is 350 g/mol. The van der Waals surface area contributed by atoms with Gasteiger partial charge in [-0.05, 0) is 57.4 Å². The van der Waals surface area contributed by atoms with Crippen molar-refractivity contribution in [1.82, 2.24) is 4.57 Å². The van der Waals surface area contributed by atoms with Crippen LogP contribution in [-0.2, 0) is 6.54 Å². The third-order valence-corrected chi connectivity index (χ3v) is 4.74. The summed E-state index contributed by atoms with van der Waals surface area (Å²) in [6, 6.07) is 5.99. The van der Waals surface area contributed by atoms with E-state index in [0.29, 0.717) is 0 Å². The number of unbranched alkanes of at least 4 members (excludes halogenated alkanes) is 1. The van der Waals surface area contributed by atoms with E-state index in [1.54, 1.807) is 6.92 Å². The zero-order valence-corrected chi connectivity index (χ0v) is 16.6. The molecule has 1 aromatic carbocycles. The summed E-state index contributed by atoms with van der Waals surface area (Å²) in [7, 11) is 0. The van der Waals surface area contributed by atoms with Crippen molar-refractivity contribution in [2.45, 2.75) is 54.0 Å².